The van der Waals surface area contributed by atoms with Crippen LogP contribution in [-0.2, 0) is 33.8 Å². The van der Waals surface area contributed by atoms with Crippen molar-refractivity contribution in [1.29, 1.82) is 0 Å². The largest absolute Gasteiger partial charge is 0.492 e. The highest BCUT2D eigenvalue weighted by Crippen LogP contribution is 2.20. The first-order valence-corrected chi connectivity index (χ1v) is 14.5. The van der Waals surface area contributed by atoms with Crippen molar-refractivity contribution in [1.82, 2.24) is 10.2 Å². The molecule has 8 nitrogen and oxygen atoms in total. The van der Waals surface area contributed by atoms with E-state index in [9.17, 15) is 23.5 Å². The summed E-state index contributed by atoms with van der Waals surface area (Å²) in [7, 11) is 0. The number of hydrogen-bond acceptors (Lipinski definition) is 5. The smallest absolute Gasteiger partial charge is 0.333 e. The van der Waals surface area contributed by atoms with Crippen LogP contribution in [0.2, 0.25) is 10.0 Å². The predicted octanol–water partition coefficient (Wildman–Crippen LogP) is 6.50. The Morgan fingerprint density at radius 2 is 1.67 bits per heavy atom. The number of carbonyl (C=O) groups excluding carboxylic acids is 1. The first-order chi connectivity index (χ1) is 20.6. The molecule has 0 radical (unpaired) electrons. The van der Waals surface area contributed by atoms with Gasteiger partial charge >= 0.3 is 12.0 Å². The van der Waals surface area contributed by atoms with Crippen LogP contribution in [0.5, 0.6) is 5.75 Å². The van der Waals surface area contributed by atoms with E-state index in [4.69, 9.17) is 37.4 Å². The van der Waals surface area contributed by atoms with Crippen LogP contribution in [0.25, 0.3) is 0 Å². The van der Waals surface area contributed by atoms with Gasteiger partial charge in [0.05, 0.1) is 13.2 Å². The van der Waals surface area contributed by atoms with Gasteiger partial charge in [-0.1, -0.05) is 41.4 Å². The molecule has 0 aromatic heterocycles. The number of aliphatic carboxylic acids is 1. The minimum Gasteiger partial charge on any atom is -0.492 e. The van der Waals surface area contributed by atoms with Gasteiger partial charge in [-0.25, -0.2) is 18.4 Å². The molecule has 1 unspecified atom stereocenters. The van der Waals surface area contributed by atoms with Gasteiger partial charge in [0.15, 0.2) is 6.10 Å². The number of halogens is 4. The Morgan fingerprint density at radius 3 is 2.33 bits per heavy atom. The van der Waals surface area contributed by atoms with Gasteiger partial charge < -0.3 is 29.5 Å². The number of benzene rings is 3. The Hall–Kier alpha value is -3.44. The van der Waals surface area contributed by atoms with Crippen LogP contribution in [-0.4, -0.2) is 61.0 Å². The molecule has 0 saturated carbocycles. The third kappa shape index (κ3) is 12.0. The van der Waals surface area contributed by atoms with E-state index in [2.05, 4.69) is 5.32 Å². The Labute approximate surface area is 259 Å². The van der Waals surface area contributed by atoms with Crippen molar-refractivity contribution in [2.75, 3.05) is 32.9 Å². The lowest BCUT2D eigenvalue weighted by Gasteiger charge is -2.23. The minimum absolute atomic E-state index is 0.116. The van der Waals surface area contributed by atoms with Crippen LogP contribution in [0.15, 0.2) is 60.7 Å². The number of nitrogens with zero attached hydrogens (tertiary/aromatic N) is 1. The third-order valence-corrected chi connectivity index (χ3v) is 6.69. The fourth-order valence-corrected chi connectivity index (χ4v) is 4.70. The zero-order chi connectivity index (χ0) is 31.2. The summed E-state index contributed by atoms with van der Waals surface area (Å²) >= 11 is 12.1. The topological polar surface area (TPSA) is 97.3 Å². The van der Waals surface area contributed by atoms with Crippen molar-refractivity contribution < 1.29 is 37.7 Å². The summed E-state index contributed by atoms with van der Waals surface area (Å²) in [6.07, 6.45) is -0.204. The molecule has 2 amide bonds. The third-order valence-electron chi connectivity index (χ3n) is 6.26. The first-order valence-electron chi connectivity index (χ1n) is 13.7. The number of carbonyl (C=O) groups is 2. The molecule has 0 fully saturated rings. The number of nitrogens with one attached hydrogen (secondary N) is 1. The average molecular weight is 640 g/mol. The maximum atomic E-state index is 14.1. The highest BCUT2D eigenvalue weighted by Gasteiger charge is 2.18. The zero-order valence-corrected chi connectivity index (χ0v) is 25.2. The van der Waals surface area contributed by atoms with Crippen LogP contribution in [0.1, 0.15) is 30.0 Å². The van der Waals surface area contributed by atoms with E-state index >= 15 is 0 Å². The van der Waals surface area contributed by atoms with Gasteiger partial charge in [0, 0.05) is 54.4 Å². The molecule has 0 bridgehead atoms. The molecular formula is C31H34Cl2F2N2O6. The number of ether oxygens (including phenoxy) is 3. The van der Waals surface area contributed by atoms with Gasteiger partial charge in [0.2, 0.25) is 0 Å². The van der Waals surface area contributed by atoms with Crippen LogP contribution < -0.4 is 10.1 Å². The van der Waals surface area contributed by atoms with Crippen LogP contribution >= 0.6 is 23.2 Å². The number of hydrogen-bond donors (Lipinski definition) is 2. The van der Waals surface area contributed by atoms with Crippen LogP contribution in [0.4, 0.5) is 13.6 Å². The molecule has 43 heavy (non-hydrogen) atoms. The van der Waals surface area contributed by atoms with E-state index in [1.165, 1.54) is 11.0 Å². The molecule has 0 heterocycles. The Kier molecular flexibility index (Phi) is 14.0. The van der Waals surface area contributed by atoms with Crippen molar-refractivity contribution in [2.45, 2.75) is 39.0 Å². The van der Waals surface area contributed by atoms with Gasteiger partial charge in [-0.2, -0.15) is 0 Å². The summed E-state index contributed by atoms with van der Waals surface area (Å²) in [5, 5.41) is 13.0. The number of rotatable bonds is 17. The number of urea groups is 1. The molecule has 3 aromatic carbocycles. The van der Waals surface area contributed by atoms with Gasteiger partial charge in [-0.3, -0.25) is 0 Å². The lowest BCUT2D eigenvalue weighted by Crippen LogP contribution is -2.42. The monoisotopic (exact) mass is 638 g/mol. The van der Waals surface area contributed by atoms with Crippen LogP contribution in [0, 0.1) is 11.6 Å². The summed E-state index contributed by atoms with van der Waals surface area (Å²) in [6.45, 7) is 3.27. The molecule has 0 aliphatic carbocycles. The summed E-state index contributed by atoms with van der Waals surface area (Å²) in [4.78, 5) is 25.8. The molecule has 1 atom stereocenters. The van der Waals surface area contributed by atoms with Crippen molar-refractivity contribution in [3.05, 3.63) is 99.0 Å². The summed E-state index contributed by atoms with van der Waals surface area (Å²) < 4.78 is 44.1. The molecule has 0 aliphatic rings. The van der Waals surface area contributed by atoms with Crippen molar-refractivity contribution in [2.24, 2.45) is 0 Å². The molecule has 12 heteroatoms. The maximum Gasteiger partial charge on any atom is 0.333 e. The summed E-state index contributed by atoms with van der Waals surface area (Å²) in [5.41, 5.74) is 1.76. The average Bonchev–Trinajstić information content (AvgIpc) is 2.95. The lowest BCUT2D eigenvalue weighted by molar-refractivity contribution is -0.149. The first kappa shape index (κ1) is 34.1. The second-order valence-electron chi connectivity index (χ2n) is 9.54. The molecule has 2 N–H and O–H groups in total. The van der Waals surface area contributed by atoms with Gasteiger partial charge in [-0.15, -0.1) is 0 Å². The van der Waals surface area contributed by atoms with Gasteiger partial charge in [0.1, 0.15) is 24.0 Å². The van der Waals surface area contributed by atoms with Crippen molar-refractivity contribution in [3.8, 4) is 5.75 Å². The summed E-state index contributed by atoms with van der Waals surface area (Å²) in [5.74, 6) is -1.93. The quantitative estimate of drug-likeness (QED) is 0.164. The SMILES string of the molecule is CCOC(Cc1ccc(OCCN(CCCOCc2cc(Cl)cc(Cl)c2)C(=O)NCc2ccc(F)cc2F)cc1)C(=O)O. The van der Waals surface area contributed by atoms with E-state index in [-0.39, 0.29) is 31.7 Å². The second kappa shape index (κ2) is 17.6. The van der Waals surface area contributed by atoms with E-state index in [1.807, 2.05) is 0 Å². The Bertz CT molecular complexity index is 1330. The maximum absolute atomic E-state index is 14.1. The van der Waals surface area contributed by atoms with Gasteiger partial charge in [-0.05, 0) is 60.9 Å². The molecule has 0 spiro atoms. The minimum atomic E-state index is -1.03. The number of carboxylic acids is 1. The van der Waals surface area contributed by atoms with Crippen molar-refractivity contribution in [3.63, 3.8) is 0 Å². The highest BCUT2D eigenvalue weighted by atomic mass is 35.5. The molecule has 0 saturated heterocycles. The van der Waals surface area contributed by atoms with E-state index < -0.39 is 29.7 Å². The van der Waals surface area contributed by atoms with Crippen molar-refractivity contribution >= 4 is 35.2 Å². The molecular weight excluding hydrogens is 605 g/mol. The standard InChI is InChI=1S/C31H34Cl2F2N2O6/c1-2-42-29(30(38)39)16-21-4-8-27(9-5-21)43-13-11-37(31(40)36-19-23-6-7-26(34)18-28(23)35)10-3-12-41-20-22-14-24(32)17-25(33)15-22/h4-9,14-15,17-18,29H,2-3,10-13,16,19-20H2,1H3,(H,36,40)(H,38,39). The highest BCUT2D eigenvalue weighted by molar-refractivity contribution is 6.34. The second-order valence-corrected chi connectivity index (χ2v) is 10.4. The molecule has 3 rings (SSSR count). The van der Waals surface area contributed by atoms with Gasteiger partial charge in [0.25, 0.3) is 0 Å². The lowest BCUT2D eigenvalue weighted by atomic mass is 10.1. The van der Waals surface area contributed by atoms with Crippen LogP contribution in [0.3, 0.4) is 0 Å². The normalized spacial score (nSPS) is 11.7. The predicted molar refractivity (Wildman–Crippen MR) is 160 cm³/mol. The van der Waals surface area contributed by atoms with E-state index in [1.54, 1.807) is 49.4 Å². The number of carboxylic acid groups (broad SMARTS) is 1. The molecule has 232 valence electrons. The summed E-state index contributed by atoms with van der Waals surface area (Å²) in [6, 6.07) is 14.8. The zero-order valence-electron chi connectivity index (χ0n) is 23.7. The molecule has 3 aromatic rings. The molecule has 0 aliphatic heterocycles. The Morgan fingerprint density at radius 1 is 0.953 bits per heavy atom. The Balaban J connectivity index is 1.53. The fourth-order valence-electron chi connectivity index (χ4n) is 4.13. The number of amides is 2. The van der Waals surface area contributed by atoms with E-state index in [0.717, 1.165) is 23.3 Å². The van der Waals surface area contributed by atoms with E-state index in [0.29, 0.717) is 48.6 Å². The fraction of sp³-hybridized carbons (Fsp3) is 0.355.